The second kappa shape index (κ2) is 5.19. The van der Waals surface area contributed by atoms with Crippen molar-refractivity contribution in [3.05, 3.63) is 21.9 Å². The minimum Gasteiger partial charge on any atom is -0.423 e. The van der Waals surface area contributed by atoms with Crippen LogP contribution in [0.5, 0.6) is 0 Å². The van der Waals surface area contributed by atoms with E-state index < -0.39 is 38.2 Å². The zero-order chi connectivity index (χ0) is 15.2. The second-order valence-corrected chi connectivity index (χ2v) is 11.0. The van der Waals surface area contributed by atoms with Crippen molar-refractivity contribution in [3.8, 4) is 0 Å². The van der Waals surface area contributed by atoms with Gasteiger partial charge in [0.1, 0.15) is 5.82 Å². The van der Waals surface area contributed by atoms with E-state index in [-0.39, 0.29) is 9.66 Å². The van der Waals surface area contributed by atoms with E-state index in [0.717, 1.165) is 6.07 Å². The van der Waals surface area contributed by atoms with Crippen molar-refractivity contribution in [1.82, 2.24) is 0 Å². The number of alkyl halides is 3. The lowest BCUT2D eigenvalue weighted by Gasteiger charge is -2.23. The van der Waals surface area contributed by atoms with Gasteiger partial charge >= 0.3 is 13.3 Å². The maximum atomic E-state index is 14.2. The minimum atomic E-state index is -4.88. The summed E-state index contributed by atoms with van der Waals surface area (Å²) in [5, 5.41) is 18.3. The average Bonchev–Trinajstić information content (AvgIpc) is 2.16. The molecule has 1 aromatic rings. The molecule has 0 atom stereocenters. The summed E-state index contributed by atoms with van der Waals surface area (Å²) in [6.45, 7) is 5.25. The van der Waals surface area contributed by atoms with Crippen molar-refractivity contribution < 1.29 is 27.6 Å². The van der Waals surface area contributed by atoms with Crippen molar-refractivity contribution in [1.29, 1.82) is 0 Å². The van der Waals surface area contributed by atoms with E-state index in [2.05, 4.69) is 15.9 Å². The van der Waals surface area contributed by atoms with E-state index >= 15 is 0 Å². The molecule has 2 N–H and O–H groups in total. The SMILES string of the molecule is C[Si](C)(C)c1cc(Br)c(C(F)(F)F)c(B(O)O)c1F. The van der Waals surface area contributed by atoms with Gasteiger partial charge in [-0.1, -0.05) is 35.6 Å². The van der Waals surface area contributed by atoms with Gasteiger partial charge in [0.2, 0.25) is 0 Å². The van der Waals surface area contributed by atoms with Crippen LogP contribution in [0.2, 0.25) is 19.6 Å². The minimum absolute atomic E-state index is 0.107. The summed E-state index contributed by atoms with van der Waals surface area (Å²) < 4.78 is 52.4. The average molecular weight is 359 g/mol. The Kier molecular flexibility index (Phi) is 4.56. The number of rotatable bonds is 2. The molecule has 1 aromatic carbocycles. The van der Waals surface area contributed by atoms with Crippen LogP contribution in [0.25, 0.3) is 0 Å². The van der Waals surface area contributed by atoms with Crippen molar-refractivity contribution in [2.75, 3.05) is 0 Å². The van der Waals surface area contributed by atoms with Crippen molar-refractivity contribution >= 4 is 41.8 Å². The first-order valence-electron chi connectivity index (χ1n) is 5.33. The van der Waals surface area contributed by atoms with Crippen LogP contribution >= 0.6 is 15.9 Å². The summed E-state index contributed by atoms with van der Waals surface area (Å²) in [7, 11) is -4.79. The van der Waals surface area contributed by atoms with Gasteiger partial charge in [-0.15, -0.1) is 0 Å². The third-order valence-corrected chi connectivity index (χ3v) is 5.21. The fraction of sp³-hybridized carbons (Fsp3) is 0.400. The van der Waals surface area contributed by atoms with Crippen LogP contribution < -0.4 is 10.6 Å². The Labute approximate surface area is 117 Å². The second-order valence-electron chi connectivity index (χ2n) is 5.13. The Morgan fingerprint density at radius 1 is 1.21 bits per heavy atom. The molecule has 0 aromatic heterocycles. The van der Waals surface area contributed by atoms with E-state index in [0.29, 0.717) is 0 Å². The molecule has 0 fully saturated rings. The lowest BCUT2D eigenvalue weighted by molar-refractivity contribution is -0.137. The number of hydrogen-bond acceptors (Lipinski definition) is 2. The standard InChI is InChI=1S/C10H12BBrF4O2Si/c1-19(2,3)6-4-5(12)7(10(14,15)16)8(9(6)13)11(17)18/h4,17-18H,1-3H3. The number of halogens is 5. The van der Waals surface area contributed by atoms with E-state index in [1.807, 2.05) is 0 Å². The third-order valence-electron chi connectivity index (χ3n) is 2.60. The molecule has 0 unspecified atom stereocenters. The highest BCUT2D eigenvalue weighted by molar-refractivity contribution is 9.10. The van der Waals surface area contributed by atoms with Crippen molar-refractivity contribution in [3.63, 3.8) is 0 Å². The molecule has 0 aliphatic rings. The molecule has 0 spiro atoms. The fourth-order valence-corrected chi connectivity index (χ4v) is 3.97. The van der Waals surface area contributed by atoms with Crippen molar-refractivity contribution in [2.45, 2.75) is 25.8 Å². The Balaban J connectivity index is 3.76. The van der Waals surface area contributed by atoms with Gasteiger partial charge in [-0.25, -0.2) is 4.39 Å². The first-order chi connectivity index (χ1) is 8.37. The van der Waals surface area contributed by atoms with Gasteiger partial charge in [-0.2, -0.15) is 13.2 Å². The lowest BCUT2D eigenvalue weighted by Crippen LogP contribution is -2.49. The molecule has 0 amide bonds. The van der Waals surface area contributed by atoms with Crippen LogP contribution in [0, 0.1) is 5.82 Å². The third kappa shape index (κ3) is 3.39. The van der Waals surface area contributed by atoms with Crippen LogP contribution in [0.15, 0.2) is 10.5 Å². The van der Waals surface area contributed by atoms with Crippen LogP contribution in [0.4, 0.5) is 17.6 Å². The van der Waals surface area contributed by atoms with Crippen LogP contribution in [0.1, 0.15) is 5.56 Å². The molecule has 9 heteroatoms. The Hall–Kier alpha value is -0.378. The fourth-order valence-electron chi connectivity index (χ4n) is 1.72. The maximum absolute atomic E-state index is 14.2. The Morgan fingerprint density at radius 2 is 1.68 bits per heavy atom. The summed E-state index contributed by atoms with van der Waals surface area (Å²) in [6, 6.07) is 1.08. The quantitative estimate of drug-likeness (QED) is 0.625. The van der Waals surface area contributed by atoms with E-state index in [1.54, 1.807) is 19.6 Å². The summed E-state index contributed by atoms with van der Waals surface area (Å²) in [4.78, 5) is 0. The zero-order valence-electron chi connectivity index (χ0n) is 10.4. The molecular weight excluding hydrogens is 347 g/mol. The van der Waals surface area contributed by atoms with Gasteiger partial charge in [-0.3, -0.25) is 0 Å². The monoisotopic (exact) mass is 358 g/mol. The van der Waals surface area contributed by atoms with E-state index in [9.17, 15) is 17.6 Å². The highest BCUT2D eigenvalue weighted by atomic mass is 79.9. The molecule has 106 valence electrons. The Bertz CT molecular complexity index is 500. The zero-order valence-corrected chi connectivity index (χ0v) is 13.0. The summed E-state index contributed by atoms with van der Waals surface area (Å²) >= 11 is 2.74. The van der Waals surface area contributed by atoms with Gasteiger partial charge in [0.05, 0.1) is 13.6 Å². The molecule has 2 nitrogen and oxygen atoms in total. The summed E-state index contributed by atoms with van der Waals surface area (Å²) in [5.41, 5.74) is -2.51. The van der Waals surface area contributed by atoms with Gasteiger partial charge in [0, 0.05) is 9.94 Å². The van der Waals surface area contributed by atoms with E-state index in [1.165, 1.54) is 0 Å². The summed E-state index contributed by atoms with van der Waals surface area (Å²) in [5.74, 6) is -1.19. The van der Waals surface area contributed by atoms with Crippen LogP contribution in [-0.4, -0.2) is 25.2 Å². The molecule has 0 bridgehead atoms. The Morgan fingerprint density at radius 3 is 2.00 bits per heavy atom. The highest BCUT2D eigenvalue weighted by Crippen LogP contribution is 2.34. The smallest absolute Gasteiger partial charge is 0.423 e. The topological polar surface area (TPSA) is 40.5 Å². The van der Waals surface area contributed by atoms with Gasteiger partial charge in [-0.05, 0) is 11.3 Å². The van der Waals surface area contributed by atoms with Gasteiger partial charge < -0.3 is 10.0 Å². The molecule has 0 aliphatic carbocycles. The predicted molar refractivity (Wildman–Crippen MR) is 71.9 cm³/mol. The van der Waals surface area contributed by atoms with Gasteiger partial charge in [0.25, 0.3) is 0 Å². The van der Waals surface area contributed by atoms with Crippen LogP contribution in [0.3, 0.4) is 0 Å². The number of hydrogen-bond donors (Lipinski definition) is 2. The largest absolute Gasteiger partial charge is 0.492 e. The molecule has 0 heterocycles. The first-order valence-corrected chi connectivity index (χ1v) is 9.62. The predicted octanol–water partition coefficient (Wildman–Crippen LogP) is 1.83. The molecular formula is C10H12BBrF4O2Si. The molecule has 0 radical (unpaired) electrons. The lowest BCUT2D eigenvalue weighted by atomic mass is 9.76. The first kappa shape index (κ1) is 16.7. The molecule has 0 aliphatic heterocycles. The number of benzene rings is 1. The molecule has 0 saturated heterocycles. The molecule has 19 heavy (non-hydrogen) atoms. The van der Waals surface area contributed by atoms with E-state index in [4.69, 9.17) is 10.0 Å². The molecule has 0 saturated carbocycles. The van der Waals surface area contributed by atoms with Crippen molar-refractivity contribution in [2.24, 2.45) is 0 Å². The van der Waals surface area contributed by atoms with Crippen LogP contribution in [-0.2, 0) is 6.18 Å². The van der Waals surface area contributed by atoms with Gasteiger partial charge in [0.15, 0.2) is 0 Å². The molecule has 1 rings (SSSR count). The summed E-state index contributed by atoms with van der Waals surface area (Å²) in [6.07, 6.45) is -4.88. The normalized spacial score (nSPS) is 12.7. The maximum Gasteiger partial charge on any atom is 0.492 e. The highest BCUT2D eigenvalue weighted by Gasteiger charge is 2.42.